The van der Waals surface area contributed by atoms with Crippen LogP contribution in [0.4, 0.5) is 18.9 Å². The Morgan fingerprint density at radius 1 is 0.953 bits per heavy atom. The first kappa shape index (κ1) is 28.9. The Morgan fingerprint density at radius 2 is 1.67 bits per heavy atom. The van der Waals surface area contributed by atoms with Crippen molar-refractivity contribution in [1.82, 2.24) is 9.88 Å². The molecule has 2 saturated heterocycles. The van der Waals surface area contributed by atoms with Gasteiger partial charge in [0.15, 0.2) is 5.76 Å². The zero-order valence-corrected chi connectivity index (χ0v) is 23.6. The molecule has 0 radical (unpaired) electrons. The number of primary amides is 1. The average molecular weight is 595 g/mol. The third-order valence-corrected chi connectivity index (χ3v) is 8.21. The number of pyridine rings is 1. The first-order valence-electron chi connectivity index (χ1n) is 14.5. The number of piperidine rings is 2. The number of benzene rings is 2. The predicted octanol–water partition coefficient (Wildman–Crippen LogP) is 6.25. The fraction of sp³-hybridized carbons (Fsp3) is 0.375. The number of anilines is 1. The number of hydrogen-bond acceptors (Lipinski definition) is 7. The molecule has 43 heavy (non-hydrogen) atoms. The maximum atomic E-state index is 12.4. The molecule has 1 amide bonds. The summed E-state index contributed by atoms with van der Waals surface area (Å²) in [5.74, 6) is 0.219. The third kappa shape index (κ3) is 6.88. The number of furan rings is 1. The minimum absolute atomic E-state index is 0.0324. The number of halogens is 3. The molecule has 0 spiro atoms. The molecule has 4 heterocycles. The lowest BCUT2D eigenvalue weighted by Crippen LogP contribution is -2.38. The van der Waals surface area contributed by atoms with Crippen LogP contribution in [0.15, 0.2) is 71.3 Å². The molecule has 0 unspecified atom stereocenters. The van der Waals surface area contributed by atoms with Crippen molar-refractivity contribution in [3.63, 3.8) is 0 Å². The Hall–Kier alpha value is -4.25. The largest absolute Gasteiger partial charge is 0.573 e. The van der Waals surface area contributed by atoms with Gasteiger partial charge >= 0.3 is 6.36 Å². The quantitative estimate of drug-likeness (QED) is 0.258. The third-order valence-electron chi connectivity index (χ3n) is 8.21. The minimum atomic E-state index is -4.71. The number of carbonyl (C=O) groups excluding carboxylic acids is 1. The van der Waals surface area contributed by atoms with Crippen molar-refractivity contribution in [3.8, 4) is 11.5 Å². The summed E-state index contributed by atoms with van der Waals surface area (Å²) < 4.78 is 53.6. The van der Waals surface area contributed by atoms with Crippen molar-refractivity contribution in [3.05, 3.63) is 83.9 Å². The van der Waals surface area contributed by atoms with Crippen molar-refractivity contribution in [2.45, 2.75) is 50.6 Å². The number of amides is 1. The first-order valence-corrected chi connectivity index (χ1v) is 14.5. The van der Waals surface area contributed by atoms with Crippen molar-refractivity contribution in [2.24, 2.45) is 5.73 Å². The van der Waals surface area contributed by atoms with E-state index >= 15 is 0 Å². The van der Waals surface area contributed by atoms with Gasteiger partial charge in [-0.15, -0.1) is 13.2 Å². The number of nitrogens with zero attached hydrogens (tertiary/aromatic N) is 3. The van der Waals surface area contributed by atoms with E-state index in [0.717, 1.165) is 67.6 Å². The Balaban J connectivity index is 1.08. The fourth-order valence-electron chi connectivity index (χ4n) is 6.14. The molecule has 11 heteroatoms. The van der Waals surface area contributed by atoms with Crippen molar-refractivity contribution < 1.29 is 31.9 Å². The second-order valence-corrected chi connectivity index (χ2v) is 11.1. The number of rotatable bonds is 8. The van der Waals surface area contributed by atoms with E-state index in [2.05, 4.69) is 19.5 Å². The predicted molar refractivity (Wildman–Crippen MR) is 155 cm³/mol. The lowest BCUT2D eigenvalue weighted by molar-refractivity contribution is -0.274. The topological polar surface area (TPSA) is 94.1 Å². The second-order valence-electron chi connectivity index (χ2n) is 11.1. The van der Waals surface area contributed by atoms with Crippen LogP contribution in [0.1, 0.15) is 53.4 Å². The van der Waals surface area contributed by atoms with Crippen LogP contribution in [0.5, 0.6) is 11.5 Å². The lowest BCUT2D eigenvalue weighted by Gasteiger charge is -2.33. The monoisotopic (exact) mass is 594 g/mol. The lowest BCUT2D eigenvalue weighted by atomic mass is 9.87. The van der Waals surface area contributed by atoms with E-state index in [1.807, 2.05) is 42.6 Å². The van der Waals surface area contributed by atoms with Gasteiger partial charge in [-0.05, 0) is 80.4 Å². The highest BCUT2D eigenvalue weighted by atomic mass is 19.4. The molecule has 226 valence electrons. The second kappa shape index (κ2) is 12.2. The number of aromatic nitrogens is 1. The standard InChI is InChI=1S/C32H33F3N4O4/c33-32(34,35)43-25-6-4-23(5-7-25)39-17-12-24(13-18-39)41-26-8-9-27-28(19-26)42-30(31(36)40)29(27)21-10-15-38(16-11-21)20-22-3-1-2-14-37-22/h1-9,14,19,21,24H,10-13,15-18,20H2,(H2,36,40). The molecule has 4 aromatic rings. The zero-order chi connectivity index (χ0) is 30.0. The first-order chi connectivity index (χ1) is 20.7. The van der Waals surface area contributed by atoms with E-state index in [1.165, 1.54) is 12.1 Å². The average Bonchev–Trinajstić information content (AvgIpc) is 3.37. The van der Waals surface area contributed by atoms with Crippen molar-refractivity contribution in [2.75, 3.05) is 31.1 Å². The highest BCUT2D eigenvalue weighted by Crippen LogP contribution is 2.39. The normalized spacial score (nSPS) is 17.3. The van der Waals surface area contributed by atoms with Crippen LogP contribution in [0.3, 0.4) is 0 Å². The zero-order valence-electron chi connectivity index (χ0n) is 23.6. The van der Waals surface area contributed by atoms with Crippen LogP contribution in [-0.2, 0) is 6.54 Å². The summed E-state index contributed by atoms with van der Waals surface area (Å²) in [6.45, 7) is 3.96. The van der Waals surface area contributed by atoms with E-state index in [9.17, 15) is 18.0 Å². The molecule has 0 aliphatic carbocycles. The number of alkyl halides is 3. The Morgan fingerprint density at radius 3 is 2.33 bits per heavy atom. The van der Waals surface area contributed by atoms with Crippen molar-refractivity contribution >= 4 is 22.6 Å². The number of carbonyl (C=O) groups is 1. The van der Waals surface area contributed by atoms with Gasteiger partial charge in [-0.3, -0.25) is 14.7 Å². The summed E-state index contributed by atoms with van der Waals surface area (Å²) in [5, 5.41) is 0.886. The molecule has 0 atom stereocenters. The number of nitrogens with two attached hydrogens (primary N) is 1. The Bertz CT molecular complexity index is 1540. The van der Waals surface area contributed by atoms with Gasteiger partial charge in [-0.2, -0.15) is 0 Å². The molecular formula is C32H33F3N4O4. The number of ether oxygens (including phenoxy) is 2. The SMILES string of the molecule is NC(=O)c1oc2cc(OC3CCN(c4ccc(OC(F)(F)F)cc4)CC3)ccc2c1C1CCN(Cc2ccccn2)CC1. The molecule has 2 aromatic carbocycles. The molecule has 0 bridgehead atoms. The summed E-state index contributed by atoms with van der Waals surface area (Å²) in [7, 11) is 0. The van der Waals surface area contributed by atoms with Gasteiger partial charge in [-0.25, -0.2) is 0 Å². The van der Waals surface area contributed by atoms with Gasteiger partial charge in [0.25, 0.3) is 5.91 Å². The number of hydrogen-bond donors (Lipinski definition) is 1. The van der Waals surface area contributed by atoms with E-state index in [1.54, 1.807) is 12.1 Å². The van der Waals surface area contributed by atoms with Gasteiger partial charge in [0.1, 0.15) is 23.2 Å². The molecule has 0 saturated carbocycles. The molecule has 8 nitrogen and oxygen atoms in total. The van der Waals surface area contributed by atoms with E-state index in [4.69, 9.17) is 14.9 Å². The van der Waals surface area contributed by atoms with Crippen LogP contribution < -0.4 is 20.1 Å². The summed E-state index contributed by atoms with van der Waals surface area (Å²) >= 11 is 0. The maximum Gasteiger partial charge on any atom is 0.573 e. The molecule has 2 fully saturated rings. The van der Waals surface area contributed by atoms with Crippen LogP contribution in [0.2, 0.25) is 0 Å². The van der Waals surface area contributed by atoms with Gasteiger partial charge in [0.05, 0.1) is 5.69 Å². The number of fused-ring (bicyclic) bond motifs is 1. The van der Waals surface area contributed by atoms with Gasteiger partial charge in [0.2, 0.25) is 0 Å². The van der Waals surface area contributed by atoms with Crippen molar-refractivity contribution in [1.29, 1.82) is 0 Å². The van der Waals surface area contributed by atoms with Crippen LogP contribution in [0.25, 0.3) is 11.0 Å². The summed E-state index contributed by atoms with van der Waals surface area (Å²) in [6.07, 6.45) is 0.320. The highest BCUT2D eigenvalue weighted by molar-refractivity contribution is 5.98. The Labute approximate surface area is 247 Å². The smallest absolute Gasteiger partial charge is 0.490 e. The molecule has 2 N–H and O–H groups in total. The molecule has 6 rings (SSSR count). The Kier molecular flexibility index (Phi) is 8.16. The minimum Gasteiger partial charge on any atom is -0.490 e. The summed E-state index contributed by atoms with van der Waals surface area (Å²) in [5.41, 5.74) is 9.09. The summed E-state index contributed by atoms with van der Waals surface area (Å²) in [4.78, 5) is 21.3. The molecular weight excluding hydrogens is 561 g/mol. The van der Waals surface area contributed by atoms with E-state index in [0.29, 0.717) is 24.4 Å². The highest BCUT2D eigenvalue weighted by Gasteiger charge is 2.32. The van der Waals surface area contributed by atoms with E-state index in [-0.39, 0.29) is 23.5 Å². The van der Waals surface area contributed by atoms with Crippen LogP contribution >= 0.6 is 0 Å². The fourth-order valence-corrected chi connectivity index (χ4v) is 6.14. The van der Waals surface area contributed by atoms with Gasteiger partial charge in [-0.1, -0.05) is 6.07 Å². The van der Waals surface area contributed by atoms with Gasteiger partial charge in [0, 0.05) is 61.4 Å². The number of likely N-dealkylation sites (tertiary alicyclic amines) is 1. The molecule has 2 aliphatic heterocycles. The maximum absolute atomic E-state index is 12.4. The van der Waals surface area contributed by atoms with Gasteiger partial charge < -0.3 is 24.5 Å². The van der Waals surface area contributed by atoms with Crippen LogP contribution in [-0.4, -0.2) is 54.4 Å². The summed E-state index contributed by atoms with van der Waals surface area (Å²) in [6, 6.07) is 17.5. The molecule has 2 aromatic heterocycles. The van der Waals surface area contributed by atoms with E-state index < -0.39 is 12.3 Å². The van der Waals surface area contributed by atoms with Crippen LogP contribution in [0, 0.1) is 0 Å². The molecule has 2 aliphatic rings.